The quantitative estimate of drug-likeness (QED) is 0.213. The van der Waals surface area contributed by atoms with Gasteiger partial charge in [0.15, 0.2) is 5.96 Å². The number of nitrogens with zero attached hydrogens (tertiary/aromatic N) is 3. The fourth-order valence-electron chi connectivity index (χ4n) is 2.93. The summed E-state index contributed by atoms with van der Waals surface area (Å²) in [5.41, 5.74) is 0. The second kappa shape index (κ2) is 15.1. The number of hydrogen-bond acceptors (Lipinski definition) is 5. The van der Waals surface area contributed by atoms with Gasteiger partial charge in [0.1, 0.15) is 12.4 Å². The number of aliphatic imine (C=N–C) groups is 1. The third-order valence-corrected chi connectivity index (χ3v) is 4.52. The van der Waals surface area contributed by atoms with Crippen molar-refractivity contribution in [1.82, 2.24) is 20.4 Å². The minimum absolute atomic E-state index is 0. The van der Waals surface area contributed by atoms with Crippen LogP contribution in [0.4, 0.5) is 0 Å². The first-order chi connectivity index (χ1) is 12.8. The van der Waals surface area contributed by atoms with Gasteiger partial charge < -0.3 is 24.7 Å². The molecule has 2 rings (SSSR count). The maximum atomic E-state index is 5.58. The van der Waals surface area contributed by atoms with E-state index >= 15 is 0 Å². The summed E-state index contributed by atoms with van der Waals surface area (Å²) in [5, 5.41) is 6.74. The molecule has 0 amide bonds. The minimum Gasteiger partial charge on any atom is -0.467 e. The Kier molecular flexibility index (Phi) is 13.6. The van der Waals surface area contributed by atoms with E-state index in [0.717, 1.165) is 64.0 Å². The highest BCUT2D eigenvalue weighted by Gasteiger charge is 2.14. The predicted molar refractivity (Wildman–Crippen MR) is 121 cm³/mol. The van der Waals surface area contributed by atoms with Gasteiger partial charge >= 0.3 is 0 Å². The molecule has 0 aliphatic carbocycles. The highest BCUT2D eigenvalue weighted by atomic mass is 127. The molecule has 1 aliphatic rings. The van der Waals surface area contributed by atoms with Crippen molar-refractivity contribution >= 4 is 29.9 Å². The number of guanidine groups is 1. The summed E-state index contributed by atoms with van der Waals surface area (Å²) in [7, 11) is 0. The molecular formula is C19H36IN5O2. The Bertz CT molecular complexity index is 490. The summed E-state index contributed by atoms with van der Waals surface area (Å²) in [5.74, 6) is 1.76. The van der Waals surface area contributed by atoms with Gasteiger partial charge in [-0.05, 0) is 32.0 Å². The summed E-state index contributed by atoms with van der Waals surface area (Å²) < 4.78 is 10.8. The summed E-state index contributed by atoms with van der Waals surface area (Å²) in [6.45, 7) is 15.0. The molecule has 1 fully saturated rings. The second-order valence-electron chi connectivity index (χ2n) is 6.45. The Morgan fingerprint density at radius 1 is 1.19 bits per heavy atom. The zero-order valence-electron chi connectivity index (χ0n) is 16.8. The number of likely N-dealkylation sites (N-methyl/N-ethyl adjacent to an activating group) is 1. The van der Waals surface area contributed by atoms with Gasteiger partial charge in [-0.15, -0.1) is 24.0 Å². The molecule has 0 aromatic carbocycles. The molecule has 0 spiro atoms. The highest BCUT2D eigenvalue weighted by Crippen LogP contribution is 2.02. The van der Waals surface area contributed by atoms with Crippen LogP contribution in [0.3, 0.4) is 0 Å². The molecule has 156 valence electrons. The first kappa shape index (κ1) is 24.2. The summed E-state index contributed by atoms with van der Waals surface area (Å²) >= 11 is 0. The van der Waals surface area contributed by atoms with E-state index in [-0.39, 0.29) is 24.0 Å². The number of furan rings is 1. The van der Waals surface area contributed by atoms with E-state index in [2.05, 4.69) is 39.3 Å². The van der Waals surface area contributed by atoms with Gasteiger partial charge in [-0.3, -0.25) is 9.89 Å². The van der Waals surface area contributed by atoms with Crippen molar-refractivity contribution in [3.8, 4) is 0 Å². The van der Waals surface area contributed by atoms with E-state index in [0.29, 0.717) is 13.2 Å². The van der Waals surface area contributed by atoms with E-state index in [1.54, 1.807) is 6.26 Å². The Balaban J connectivity index is 0.00000364. The first-order valence-electron chi connectivity index (χ1n) is 9.88. The lowest BCUT2D eigenvalue weighted by molar-refractivity contribution is 0.105. The molecule has 2 N–H and O–H groups in total. The van der Waals surface area contributed by atoms with Gasteiger partial charge in [0, 0.05) is 59.0 Å². The molecule has 7 nitrogen and oxygen atoms in total. The van der Waals surface area contributed by atoms with E-state index < -0.39 is 0 Å². The van der Waals surface area contributed by atoms with Gasteiger partial charge in [0.05, 0.1) is 6.26 Å². The van der Waals surface area contributed by atoms with Crippen LogP contribution < -0.4 is 10.6 Å². The predicted octanol–water partition coefficient (Wildman–Crippen LogP) is 2.00. The average Bonchev–Trinajstić information content (AvgIpc) is 3.18. The lowest BCUT2D eigenvalue weighted by Crippen LogP contribution is -2.49. The van der Waals surface area contributed by atoms with Crippen LogP contribution in [-0.4, -0.2) is 81.3 Å². The topological polar surface area (TPSA) is 65.3 Å². The Morgan fingerprint density at radius 2 is 1.96 bits per heavy atom. The largest absolute Gasteiger partial charge is 0.467 e. The smallest absolute Gasteiger partial charge is 0.191 e. The van der Waals surface area contributed by atoms with Crippen molar-refractivity contribution in [2.75, 3.05) is 65.5 Å². The van der Waals surface area contributed by atoms with E-state index in [4.69, 9.17) is 9.15 Å². The fraction of sp³-hybridized carbons (Fsp3) is 0.737. The second-order valence-corrected chi connectivity index (χ2v) is 6.45. The highest BCUT2D eigenvalue weighted by molar-refractivity contribution is 14.0. The van der Waals surface area contributed by atoms with E-state index in [1.165, 1.54) is 13.1 Å². The molecule has 1 saturated heterocycles. The monoisotopic (exact) mass is 493 g/mol. The van der Waals surface area contributed by atoms with Gasteiger partial charge in [0.25, 0.3) is 0 Å². The third-order valence-electron chi connectivity index (χ3n) is 4.52. The van der Waals surface area contributed by atoms with Crippen molar-refractivity contribution in [2.24, 2.45) is 4.99 Å². The van der Waals surface area contributed by atoms with Crippen molar-refractivity contribution in [3.63, 3.8) is 0 Å². The number of halogens is 1. The molecule has 0 bridgehead atoms. The normalized spacial score (nSPS) is 16.1. The summed E-state index contributed by atoms with van der Waals surface area (Å²) in [6.07, 6.45) is 2.57. The van der Waals surface area contributed by atoms with Crippen molar-refractivity contribution in [2.45, 2.75) is 26.9 Å². The van der Waals surface area contributed by atoms with Crippen LogP contribution in [0.5, 0.6) is 0 Å². The summed E-state index contributed by atoms with van der Waals surface area (Å²) in [6, 6.07) is 3.80. The maximum Gasteiger partial charge on any atom is 0.191 e. The molecule has 0 atom stereocenters. The standard InChI is InChI=1S/C19H35N5O2.HI/c1-3-20-19(21-8-6-15-25-17-18-7-5-16-26-18)22-9-10-24-13-11-23(4-2)12-14-24;/h5,7,16H,3-4,6,8-15,17H2,1-2H3,(H2,20,21,22);1H. The average molecular weight is 493 g/mol. The molecule has 2 heterocycles. The minimum atomic E-state index is 0. The molecule has 0 unspecified atom stereocenters. The number of nitrogens with one attached hydrogen (secondary N) is 2. The van der Waals surface area contributed by atoms with E-state index in [1.807, 2.05) is 12.1 Å². The lowest BCUT2D eigenvalue weighted by atomic mass is 10.3. The maximum absolute atomic E-state index is 5.58. The van der Waals surface area contributed by atoms with Crippen LogP contribution in [0, 0.1) is 0 Å². The zero-order valence-corrected chi connectivity index (χ0v) is 19.1. The van der Waals surface area contributed by atoms with Crippen LogP contribution in [0.25, 0.3) is 0 Å². The van der Waals surface area contributed by atoms with Crippen LogP contribution in [0.2, 0.25) is 0 Å². The van der Waals surface area contributed by atoms with Crippen LogP contribution in [-0.2, 0) is 11.3 Å². The zero-order chi connectivity index (χ0) is 18.5. The number of piperazine rings is 1. The van der Waals surface area contributed by atoms with Crippen LogP contribution in [0.1, 0.15) is 26.0 Å². The molecule has 1 aromatic heterocycles. The third kappa shape index (κ3) is 10.3. The Labute approximate surface area is 180 Å². The lowest BCUT2D eigenvalue weighted by Gasteiger charge is -2.34. The fourth-order valence-corrected chi connectivity index (χ4v) is 2.93. The SMILES string of the molecule is CCNC(=NCCCOCc1ccco1)NCCN1CCN(CC)CC1.I. The van der Waals surface area contributed by atoms with E-state index in [9.17, 15) is 0 Å². The molecule has 8 heteroatoms. The van der Waals surface area contributed by atoms with Gasteiger partial charge in [-0.25, -0.2) is 0 Å². The van der Waals surface area contributed by atoms with Crippen molar-refractivity contribution < 1.29 is 9.15 Å². The Morgan fingerprint density at radius 3 is 2.63 bits per heavy atom. The Hall–Kier alpha value is -0.840. The van der Waals surface area contributed by atoms with Crippen molar-refractivity contribution in [1.29, 1.82) is 0 Å². The van der Waals surface area contributed by atoms with Gasteiger partial charge in [-0.1, -0.05) is 6.92 Å². The molecular weight excluding hydrogens is 457 g/mol. The van der Waals surface area contributed by atoms with Crippen LogP contribution in [0.15, 0.2) is 27.8 Å². The molecule has 0 radical (unpaired) electrons. The van der Waals surface area contributed by atoms with Crippen LogP contribution >= 0.6 is 24.0 Å². The molecule has 1 aromatic rings. The number of hydrogen-bond donors (Lipinski definition) is 2. The number of ether oxygens (including phenoxy) is 1. The molecule has 27 heavy (non-hydrogen) atoms. The van der Waals surface area contributed by atoms with Gasteiger partial charge in [0.2, 0.25) is 0 Å². The molecule has 0 saturated carbocycles. The first-order valence-corrected chi connectivity index (χ1v) is 9.88. The van der Waals surface area contributed by atoms with Gasteiger partial charge in [-0.2, -0.15) is 0 Å². The molecule has 1 aliphatic heterocycles. The summed E-state index contributed by atoms with van der Waals surface area (Å²) in [4.78, 5) is 9.64. The van der Waals surface area contributed by atoms with Crippen molar-refractivity contribution in [3.05, 3.63) is 24.2 Å². The number of rotatable bonds is 11.